The van der Waals surface area contributed by atoms with Crippen LogP contribution in [0, 0.1) is 0 Å². The second-order valence-corrected chi connectivity index (χ2v) is 3.86. The van der Waals surface area contributed by atoms with Crippen molar-refractivity contribution in [1.82, 2.24) is 15.5 Å². The van der Waals surface area contributed by atoms with Crippen molar-refractivity contribution >= 4 is 6.03 Å². The molecule has 5 heteroatoms. The van der Waals surface area contributed by atoms with Crippen molar-refractivity contribution in [2.75, 3.05) is 39.9 Å². The van der Waals surface area contributed by atoms with Gasteiger partial charge in [0, 0.05) is 45.9 Å². The summed E-state index contributed by atoms with van der Waals surface area (Å²) in [5.41, 5.74) is 0. The fourth-order valence-electron chi connectivity index (χ4n) is 1.57. The summed E-state index contributed by atoms with van der Waals surface area (Å²) in [6, 6.07) is 0.497. The largest absolute Gasteiger partial charge is 0.385 e. The van der Waals surface area contributed by atoms with Crippen molar-refractivity contribution in [2.45, 2.75) is 19.4 Å². The van der Waals surface area contributed by atoms with Crippen molar-refractivity contribution in [2.24, 2.45) is 0 Å². The van der Waals surface area contributed by atoms with Crippen LogP contribution in [0.3, 0.4) is 0 Å². The third kappa shape index (κ3) is 4.48. The van der Waals surface area contributed by atoms with Crippen molar-refractivity contribution in [3.63, 3.8) is 0 Å². The summed E-state index contributed by atoms with van der Waals surface area (Å²) in [5, 5.41) is 6.14. The third-order valence-corrected chi connectivity index (χ3v) is 2.57. The second-order valence-electron chi connectivity index (χ2n) is 3.86. The van der Waals surface area contributed by atoms with Gasteiger partial charge >= 0.3 is 6.03 Å². The average molecular weight is 215 g/mol. The lowest BCUT2D eigenvalue weighted by Gasteiger charge is -2.17. The first kappa shape index (κ1) is 12.3. The molecule has 1 saturated heterocycles. The maximum Gasteiger partial charge on any atom is 0.317 e. The van der Waals surface area contributed by atoms with Crippen molar-refractivity contribution in [3.8, 4) is 0 Å². The summed E-state index contributed by atoms with van der Waals surface area (Å²) < 4.78 is 4.99. The van der Waals surface area contributed by atoms with Crippen LogP contribution in [0.5, 0.6) is 0 Å². The van der Waals surface area contributed by atoms with Crippen LogP contribution < -0.4 is 10.6 Å². The van der Waals surface area contributed by atoms with Gasteiger partial charge in [-0.1, -0.05) is 0 Å². The van der Waals surface area contributed by atoms with E-state index in [4.69, 9.17) is 4.74 Å². The van der Waals surface area contributed by atoms with Crippen molar-refractivity contribution < 1.29 is 9.53 Å². The molecule has 0 radical (unpaired) electrons. The van der Waals surface area contributed by atoms with E-state index in [-0.39, 0.29) is 6.03 Å². The Morgan fingerprint density at radius 2 is 2.47 bits per heavy atom. The Morgan fingerprint density at radius 1 is 1.67 bits per heavy atom. The van der Waals surface area contributed by atoms with Crippen molar-refractivity contribution in [1.29, 1.82) is 0 Å². The number of ether oxygens (including phenoxy) is 1. The molecule has 5 nitrogen and oxygen atoms in total. The van der Waals surface area contributed by atoms with Crippen LogP contribution in [0.25, 0.3) is 0 Å². The van der Waals surface area contributed by atoms with E-state index in [0.717, 1.165) is 39.2 Å². The van der Waals surface area contributed by atoms with Crippen LogP contribution in [0.2, 0.25) is 0 Å². The predicted octanol–water partition coefficient (Wildman–Crippen LogP) is 0.0262. The molecule has 0 aliphatic carbocycles. The first-order chi connectivity index (χ1) is 7.24. The van der Waals surface area contributed by atoms with Gasteiger partial charge in [-0.2, -0.15) is 0 Å². The van der Waals surface area contributed by atoms with E-state index >= 15 is 0 Å². The van der Waals surface area contributed by atoms with Gasteiger partial charge in [-0.15, -0.1) is 0 Å². The number of nitrogens with zero attached hydrogens (tertiary/aromatic N) is 1. The summed E-state index contributed by atoms with van der Waals surface area (Å²) in [5.74, 6) is 0. The molecule has 0 saturated carbocycles. The van der Waals surface area contributed by atoms with Gasteiger partial charge in [0.1, 0.15) is 0 Å². The smallest absolute Gasteiger partial charge is 0.317 e. The maximum absolute atomic E-state index is 11.2. The van der Waals surface area contributed by atoms with E-state index < -0.39 is 0 Å². The minimum Gasteiger partial charge on any atom is -0.385 e. The Bertz CT molecular complexity index is 199. The minimum absolute atomic E-state index is 0.0568. The third-order valence-electron chi connectivity index (χ3n) is 2.57. The molecule has 2 N–H and O–H groups in total. The zero-order chi connectivity index (χ0) is 11.1. The summed E-state index contributed by atoms with van der Waals surface area (Å²) in [6.45, 7) is 6.13. The standard InChI is InChI=1S/C10H21N3O2/c1-9(3-8-15-2)11-4-6-13-7-5-12-10(13)14/h9,11H,3-8H2,1-2H3,(H,12,14). The van der Waals surface area contributed by atoms with E-state index in [2.05, 4.69) is 17.6 Å². The summed E-state index contributed by atoms with van der Waals surface area (Å²) in [6.07, 6.45) is 1.00. The number of urea groups is 1. The van der Waals surface area contributed by atoms with Gasteiger partial charge in [-0.25, -0.2) is 4.79 Å². The Balaban J connectivity index is 2.02. The zero-order valence-corrected chi connectivity index (χ0v) is 9.58. The van der Waals surface area contributed by atoms with Gasteiger partial charge < -0.3 is 20.3 Å². The lowest BCUT2D eigenvalue weighted by molar-refractivity contribution is 0.183. The number of carbonyl (C=O) groups excluding carboxylic acids is 1. The molecule has 1 aliphatic heterocycles. The second kappa shape index (κ2) is 6.63. The molecule has 88 valence electrons. The van der Waals surface area contributed by atoms with Crippen LogP contribution in [0.1, 0.15) is 13.3 Å². The predicted molar refractivity (Wildman–Crippen MR) is 58.9 cm³/mol. The molecule has 0 bridgehead atoms. The zero-order valence-electron chi connectivity index (χ0n) is 9.58. The molecule has 15 heavy (non-hydrogen) atoms. The van der Waals surface area contributed by atoms with Crippen molar-refractivity contribution in [3.05, 3.63) is 0 Å². The molecule has 1 aliphatic rings. The topological polar surface area (TPSA) is 53.6 Å². The number of amides is 2. The average Bonchev–Trinajstić information content (AvgIpc) is 2.61. The van der Waals surface area contributed by atoms with Gasteiger partial charge in [0.25, 0.3) is 0 Å². The molecular weight excluding hydrogens is 194 g/mol. The summed E-state index contributed by atoms with van der Waals surface area (Å²) >= 11 is 0. The highest BCUT2D eigenvalue weighted by atomic mass is 16.5. The van der Waals surface area contributed by atoms with E-state index in [1.807, 2.05) is 4.90 Å². The van der Waals surface area contributed by atoms with Gasteiger partial charge in [0.15, 0.2) is 0 Å². The van der Waals surface area contributed by atoms with Crippen LogP contribution in [-0.2, 0) is 4.74 Å². The Hall–Kier alpha value is -0.810. The van der Waals surface area contributed by atoms with E-state index in [1.54, 1.807) is 7.11 Å². The maximum atomic E-state index is 11.2. The highest BCUT2D eigenvalue weighted by Gasteiger charge is 2.18. The van der Waals surface area contributed by atoms with E-state index in [9.17, 15) is 4.79 Å². The quantitative estimate of drug-likeness (QED) is 0.630. The fraction of sp³-hybridized carbons (Fsp3) is 0.900. The first-order valence-corrected chi connectivity index (χ1v) is 5.49. The molecule has 0 spiro atoms. The molecule has 0 aromatic carbocycles. The molecule has 1 fully saturated rings. The molecule has 1 atom stereocenters. The number of hydrogen-bond donors (Lipinski definition) is 2. The summed E-state index contributed by atoms with van der Waals surface area (Å²) in [4.78, 5) is 13.0. The molecule has 0 aromatic heterocycles. The van der Waals surface area contributed by atoms with E-state index in [0.29, 0.717) is 6.04 Å². The molecule has 1 heterocycles. The first-order valence-electron chi connectivity index (χ1n) is 5.49. The van der Waals surface area contributed by atoms with Crippen LogP contribution >= 0.6 is 0 Å². The molecule has 1 rings (SSSR count). The highest BCUT2D eigenvalue weighted by Crippen LogP contribution is 1.95. The Kier molecular flexibility index (Phi) is 5.42. The van der Waals surface area contributed by atoms with Crippen LogP contribution in [-0.4, -0.2) is 56.9 Å². The number of rotatable bonds is 7. The van der Waals surface area contributed by atoms with Gasteiger partial charge in [0.05, 0.1) is 0 Å². The number of methoxy groups -OCH3 is 1. The number of hydrogen-bond acceptors (Lipinski definition) is 3. The van der Waals surface area contributed by atoms with Gasteiger partial charge in [0.2, 0.25) is 0 Å². The lowest BCUT2D eigenvalue weighted by Crippen LogP contribution is -2.37. The van der Waals surface area contributed by atoms with Gasteiger partial charge in [-0.05, 0) is 13.3 Å². The highest BCUT2D eigenvalue weighted by molar-refractivity contribution is 5.76. The summed E-state index contributed by atoms with van der Waals surface area (Å²) in [7, 11) is 1.71. The minimum atomic E-state index is 0.0568. The molecular formula is C10H21N3O2. The normalized spacial score (nSPS) is 18.0. The Morgan fingerprint density at radius 3 is 3.07 bits per heavy atom. The number of carbonyl (C=O) groups is 1. The Labute approximate surface area is 91.2 Å². The number of nitrogens with one attached hydrogen (secondary N) is 2. The molecule has 2 amide bonds. The monoisotopic (exact) mass is 215 g/mol. The molecule has 0 aromatic rings. The van der Waals surface area contributed by atoms with Crippen LogP contribution in [0.15, 0.2) is 0 Å². The van der Waals surface area contributed by atoms with Crippen LogP contribution in [0.4, 0.5) is 4.79 Å². The van der Waals surface area contributed by atoms with E-state index in [1.165, 1.54) is 0 Å². The SMILES string of the molecule is COCCC(C)NCCN1CCNC1=O. The fourth-order valence-corrected chi connectivity index (χ4v) is 1.57. The lowest BCUT2D eigenvalue weighted by atomic mass is 10.2. The molecule has 1 unspecified atom stereocenters. The van der Waals surface area contributed by atoms with Gasteiger partial charge in [-0.3, -0.25) is 0 Å².